The van der Waals surface area contributed by atoms with Crippen LogP contribution in [-0.2, 0) is 4.79 Å². The Morgan fingerprint density at radius 2 is 2.43 bits per heavy atom. The molecule has 0 radical (unpaired) electrons. The highest BCUT2D eigenvalue weighted by molar-refractivity contribution is 8.13. The normalized spacial score (nSPS) is 17.4. The van der Waals surface area contributed by atoms with Crippen LogP contribution >= 0.6 is 11.8 Å². The number of nitrogens with two attached hydrogens (primary N) is 1. The van der Waals surface area contributed by atoms with Gasteiger partial charge in [-0.05, 0) is 20.3 Å². The minimum absolute atomic E-state index is 0.288. The van der Waals surface area contributed by atoms with E-state index >= 15 is 0 Å². The number of thioether (sulfide) groups is 1. The van der Waals surface area contributed by atoms with E-state index in [2.05, 4.69) is 10.3 Å². The van der Waals surface area contributed by atoms with Crippen LogP contribution in [-0.4, -0.2) is 28.9 Å². The lowest BCUT2D eigenvalue weighted by molar-refractivity contribution is -0.119. The van der Waals surface area contributed by atoms with Crippen LogP contribution in [0.4, 0.5) is 0 Å². The molecule has 0 saturated heterocycles. The van der Waals surface area contributed by atoms with Crippen LogP contribution in [0.2, 0.25) is 0 Å². The lowest BCUT2D eigenvalue weighted by Gasteiger charge is -2.27. The zero-order valence-corrected chi connectivity index (χ0v) is 9.49. The van der Waals surface area contributed by atoms with Crippen LogP contribution in [0.25, 0.3) is 0 Å². The summed E-state index contributed by atoms with van der Waals surface area (Å²) in [6.45, 7) is 4.78. The van der Waals surface area contributed by atoms with Gasteiger partial charge in [-0.2, -0.15) is 0 Å². The van der Waals surface area contributed by atoms with Gasteiger partial charge in [-0.3, -0.25) is 9.79 Å². The second-order valence-electron chi connectivity index (χ2n) is 4.04. The molecule has 1 heterocycles. The van der Waals surface area contributed by atoms with Crippen molar-refractivity contribution in [2.75, 3.05) is 12.3 Å². The molecule has 0 aliphatic carbocycles. The fraction of sp³-hybridized carbons (Fsp3) is 0.778. The molecule has 1 aliphatic rings. The van der Waals surface area contributed by atoms with E-state index in [1.165, 1.54) is 0 Å². The first kappa shape index (κ1) is 11.4. The Hall–Kier alpha value is -0.710. The van der Waals surface area contributed by atoms with Gasteiger partial charge in [0.25, 0.3) is 0 Å². The van der Waals surface area contributed by atoms with Crippen molar-refractivity contribution in [3.63, 3.8) is 0 Å². The molecule has 80 valence electrons. The standard InChI is InChI=1S/C9H17N3OS/c1-9(2,6-7(10)13)12-8-11-4-3-5-14-8/h3-6H2,1-2H3,(H2,10,13)(H,11,12). The molecule has 0 spiro atoms. The van der Waals surface area contributed by atoms with Crippen molar-refractivity contribution in [3.8, 4) is 0 Å². The molecule has 0 saturated carbocycles. The van der Waals surface area contributed by atoms with Crippen molar-refractivity contribution in [3.05, 3.63) is 0 Å². The van der Waals surface area contributed by atoms with Gasteiger partial charge in [-0.25, -0.2) is 0 Å². The number of hydrogen-bond donors (Lipinski definition) is 2. The zero-order chi connectivity index (χ0) is 10.6. The highest BCUT2D eigenvalue weighted by atomic mass is 32.2. The van der Waals surface area contributed by atoms with E-state index in [1.54, 1.807) is 11.8 Å². The third-order valence-corrected chi connectivity index (χ3v) is 2.86. The molecule has 14 heavy (non-hydrogen) atoms. The van der Waals surface area contributed by atoms with Gasteiger partial charge in [-0.15, -0.1) is 0 Å². The Morgan fingerprint density at radius 1 is 1.71 bits per heavy atom. The molecule has 0 atom stereocenters. The SMILES string of the molecule is CC(C)(CC(N)=O)NC1=NCCCS1. The number of carbonyl (C=O) groups is 1. The summed E-state index contributed by atoms with van der Waals surface area (Å²) in [4.78, 5) is 15.1. The Balaban J connectivity index is 2.48. The number of carbonyl (C=O) groups excluding carboxylic acids is 1. The number of nitrogens with one attached hydrogen (secondary N) is 1. The van der Waals surface area contributed by atoms with Crippen molar-refractivity contribution in [2.45, 2.75) is 32.2 Å². The fourth-order valence-corrected chi connectivity index (χ4v) is 2.30. The van der Waals surface area contributed by atoms with E-state index in [-0.39, 0.29) is 11.4 Å². The third-order valence-electron chi connectivity index (χ3n) is 1.86. The molecule has 0 bridgehead atoms. The molecule has 5 heteroatoms. The molecular formula is C9H17N3OS. The van der Waals surface area contributed by atoms with E-state index in [0.29, 0.717) is 6.42 Å². The molecular weight excluding hydrogens is 198 g/mol. The molecule has 0 aromatic rings. The van der Waals surface area contributed by atoms with Crippen LogP contribution in [0.5, 0.6) is 0 Å². The van der Waals surface area contributed by atoms with Gasteiger partial charge >= 0.3 is 0 Å². The lowest BCUT2D eigenvalue weighted by Crippen LogP contribution is -2.45. The summed E-state index contributed by atoms with van der Waals surface area (Å²) in [7, 11) is 0. The molecule has 0 aromatic carbocycles. The van der Waals surface area contributed by atoms with E-state index in [1.807, 2.05) is 13.8 Å². The first-order valence-electron chi connectivity index (χ1n) is 4.73. The maximum absolute atomic E-state index is 10.8. The summed E-state index contributed by atoms with van der Waals surface area (Å²) in [6, 6.07) is 0. The first-order valence-corrected chi connectivity index (χ1v) is 5.72. The predicted molar refractivity (Wildman–Crippen MR) is 60.4 cm³/mol. The number of nitrogens with zero attached hydrogens (tertiary/aromatic N) is 1. The average Bonchev–Trinajstić information content (AvgIpc) is 2.02. The zero-order valence-electron chi connectivity index (χ0n) is 8.67. The molecule has 1 amide bonds. The van der Waals surface area contributed by atoms with Gasteiger partial charge < -0.3 is 11.1 Å². The molecule has 4 nitrogen and oxygen atoms in total. The van der Waals surface area contributed by atoms with E-state index in [0.717, 1.165) is 23.9 Å². The number of primary amides is 1. The highest BCUT2D eigenvalue weighted by Crippen LogP contribution is 2.15. The number of rotatable bonds is 3. The predicted octanol–water partition coefficient (Wildman–Crippen LogP) is 0.723. The lowest BCUT2D eigenvalue weighted by atomic mass is 10.0. The average molecular weight is 215 g/mol. The molecule has 1 aliphatic heterocycles. The van der Waals surface area contributed by atoms with E-state index < -0.39 is 0 Å². The summed E-state index contributed by atoms with van der Waals surface area (Å²) in [5.74, 6) is 0.808. The molecule has 0 aromatic heterocycles. The summed E-state index contributed by atoms with van der Waals surface area (Å²) in [6.07, 6.45) is 1.46. The van der Waals surface area contributed by atoms with Gasteiger partial charge in [0.15, 0.2) is 5.17 Å². The molecule has 3 N–H and O–H groups in total. The fourth-order valence-electron chi connectivity index (χ4n) is 1.30. The highest BCUT2D eigenvalue weighted by Gasteiger charge is 2.22. The second-order valence-corrected chi connectivity index (χ2v) is 5.12. The number of amides is 1. The van der Waals surface area contributed by atoms with Crippen molar-refractivity contribution in [1.29, 1.82) is 0 Å². The van der Waals surface area contributed by atoms with Crippen molar-refractivity contribution in [2.24, 2.45) is 10.7 Å². The molecule has 0 unspecified atom stereocenters. The molecule has 1 rings (SSSR count). The Kier molecular flexibility index (Phi) is 3.80. The summed E-state index contributed by atoms with van der Waals surface area (Å²) < 4.78 is 0. The van der Waals surface area contributed by atoms with Crippen LogP contribution in [0.3, 0.4) is 0 Å². The van der Waals surface area contributed by atoms with Crippen molar-refractivity contribution < 1.29 is 4.79 Å². The first-order chi connectivity index (χ1) is 6.49. The summed E-state index contributed by atoms with van der Waals surface area (Å²) in [5.41, 5.74) is 4.86. The van der Waals surface area contributed by atoms with E-state index in [9.17, 15) is 4.79 Å². The Labute approximate surface area is 88.7 Å². The van der Waals surface area contributed by atoms with E-state index in [4.69, 9.17) is 5.73 Å². The van der Waals surface area contributed by atoms with Gasteiger partial charge in [-0.1, -0.05) is 11.8 Å². The van der Waals surface area contributed by atoms with Gasteiger partial charge in [0, 0.05) is 24.3 Å². The monoisotopic (exact) mass is 215 g/mol. The quantitative estimate of drug-likeness (QED) is 0.729. The molecule has 0 fully saturated rings. The summed E-state index contributed by atoms with van der Waals surface area (Å²) in [5, 5.41) is 4.17. The van der Waals surface area contributed by atoms with Gasteiger partial charge in [0.1, 0.15) is 0 Å². The maximum Gasteiger partial charge on any atom is 0.219 e. The van der Waals surface area contributed by atoms with Crippen LogP contribution in [0.1, 0.15) is 26.7 Å². The smallest absolute Gasteiger partial charge is 0.219 e. The number of amidine groups is 1. The van der Waals surface area contributed by atoms with Gasteiger partial charge in [0.2, 0.25) is 5.91 Å². The van der Waals surface area contributed by atoms with Crippen LogP contribution in [0.15, 0.2) is 4.99 Å². The minimum atomic E-state index is -0.297. The Morgan fingerprint density at radius 3 is 2.93 bits per heavy atom. The van der Waals surface area contributed by atoms with Gasteiger partial charge in [0.05, 0.1) is 0 Å². The van der Waals surface area contributed by atoms with Crippen molar-refractivity contribution >= 4 is 22.8 Å². The Bertz CT molecular complexity index is 250. The number of aliphatic imine (C=N–C) groups is 1. The minimum Gasteiger partial charge on any atom is -0.370 e. The maximum atomic E-state index is 10.8. The largest absolute Gasteiger partial charge is 0.370 e. The van der Waals surface area contributed by atoms with Crippen LogP contribution in [0, 0.1) is 0 Å². The third kappa shape index (κ3) is 4.00. The van der Waals surface area contributed by atoms with Crippen molar-refractivity contribution in [1.82, 2.24) is 5.32 Å². The summed E-state index contributed by atoms with van der Waals surface area (Å²) >= 11 is 1.70. The van der Waals surface area contributed by atoms with Crippen LogP contribution < -0.4 is 11.1 Å². The second kappa shape index (κ2) is 4.68. The topological polar surface area (TPSA) is 67.5 Å². The number of hydrogen-bond acceptors (Lipinski definition) is 4.